The molecule has 0 bridgehead atoms. The van der Waals surface area contributed by atoms with Crippen molar-refractivity contribution >= 4 is 46.2 Å². The van der Waals surface area contributed by atoms with Crippen LogP contribution in [0.5, 0.6) is 0 Å². The van der Waals surface area contributed by atoms with Crippen LogP contribution in [0.1, 0.15) is 37.8 Å². The second-order valence-corrected chi connectivity index (χ2v) is 9.13. The predicted molar refractivity (Wildman–Crippen MR) is 134 cm³/mol. The first kappa shape index (κ1) is 23.7. The molecule has 2 atom stereocenters. The molecule has 0 radical (unpaired) electrons. The molecule has 176 valence electrons. The Morgan fingerprint density at radius 3 is 2.59 bits per heavy atom. The van der Waals surface area contributed by atoms with E-state index in [0.29, 0.717) is 23.2 Å². The Hall–Kier alpha value is -3.46. The minimum absolute atomic E-state index is 0.0553. The Kier molecular flexibility index (Phi) is 7.42. The molecule has 0 spiro atoms. The zero-order valence-corrected chi connectivity index (χ0v) is 20.0. The van der Waals surface area contributed by atoms with E-state index in [0.717, 1.165) is 17.5 Å². The fraction of sp³-hybridized carbons (Fsp3) is 0.320. The van der Waals surface area contributed by atoms with Crippen molar-refractivity contribution in [2.45, 2.75) is 45.3 Å². The van der Waals surface area contributed by atoms with E-state index in [1.54, 1.807) is 0 Å². The Balaban J connectivity index is 1.47. The third kappa shape index (κ3) is 5.36. The second-order valence-electron chi connectivity index (χ2n) is 8.19. The Morgan fingerprint density at radius 2 is 1.82 bits per heavy atom. The van der Waals surface area contributed by atoms with Crippen molar-refractivity contribution in [3.8, 4) is 0 Å². The lowest BCUT2D eigenvalue weighted by atomic mass is 10.1. The summed E-state index contributed by atoms with van der Waals surface area (Å²) in [7, 11) is 0. The van der Waals surface area contributed by atoms with E-state index in [1.165, 1.54) is 16.7 Å². The highest BCUT2D eigenvalue weighted by Gasteiger charge is 2.42. The summed E-state index contributed by atoms with van der Waals surface area (Å²) in [5.41, 5.74) is 2.40. The first-order valence-corrected chi connectivity index (χ1v) is 12.3. The van der Waals surface area contributed by atoms with Gasteiger partial charge in [0.15, 0.2) is 5.17 Å². The summed E-state index contributed by atoms with van der Waals surface area (Å²) in [5, 5.41) is 6.17. The van der Waals surface area contributed by atoms with Crippen molar-refractivity contribution in [3.63, 3.8) is 0 Å². The number of fused-ring (bicyclic) bond motifs is 3. The van der Waals surface area contributed by atoms with Crippen LogP contribution in [-0.2, 0) is 20.9 Å². The molecule has 0 saturated carbocycles. The van der Waals surface area contributed by atoms with Gasteiger partial charge in [-0.15, -0.1) is 0 Å². The molecule has 0 aromatic heterocycles. The van der Waals surface area contributed by atoms with Crippen LogP contribution < -0.4 is 10.6 Å². The molecule has 0 aliphatic carbocycles. The fourth-order valence-electron chi connectivity index (χ4n) is 3.62. The molecule has 2 N–H and O–H groups in total. The van der Waals surface area contributed by atoms with Crippen molar-refractivity contribution in [2.24, 2.45) is 9.98 Å². The van der Waals surface area contributed by atoms with Gasteiger partial charge in [-0.2, -0.15) is 0 Å². The van der Waals surface area contributed by atoms with Crippen molar-refractivity contribution in [2.75, 3.05) is 5.75 Å². The van der Waals surface area contributed by atoms with Gasteiger partial charge in [-0.3, -0.25) is 19.4 Å². The van der Waals surface area contributed by atoms with Gasteiger partial charge in [0.25, 0.3) is 5.91 Å². The lowest BCUT2D eigenvalue weighted by molar-refractivity contribution is -0.128. The van der Waals surface area contributed by atoms with Crippen molar-refractivity contribution in [1.82, 2.24) is 15.5 Å². The number of amides is 3. The molecule has 2 aromatic carbocycles. The van der Waals surface area contributed by atoms with Crippen molar-refractivity contribution in [3.05, 3.63) is 65.7 Å². The highest BCUT2D eigenvalue weighted by Crippen LogP contribution is 2.34. The maximum atomic E-state index is 13.3. The van der Waals surface area contributed by atoms with E-state index in [2.05, 4.69) is 20.6 Å². The van der Waals surface area contributed by atoms with Gasteiger partial charge >= 0.3 is 0 Å². The van der Waals surface area contributed by atoms with Gasteiger partial charge in [0.2, 0.25) is 11.8 Å². The Labute approximate surface area is 202 Å². The van der Waals surface area contributed by atoms with Crippen molar-refractivity contribution < 1.29 is 14.4 Å². The Bertz CT molecular complexity index is 1150. The third-order valence-electron chi connectivity index (χ3n) is 5.61. The van der Waals surface area contributed by atoms with Crippen LogP contribution in [0.25, 0.3) is 0 Å². The summed E-state index contributed by atoms with van der Waals surface area (Å²) < 4.78 is 0. The molecule has 34 heavy (non-hydrogen) atoms. The van der Waals surface area contributed by atoms with E-state index in [4.69, 9.17) is 0 Å². The van der Waals surface area contributed by atoms with Gasteiger partial charge in [0.1, 0.15) is 11.9 Å². The van der Waals surface area contributed by atoms with Crippen LogP contribution in [0, 0.1) is 0 Å². The van der Waals surface area contributed by atoms with Gasteiger partial charge in [-0.05, 0) is 31.0 Å². The SMILES string of the molecule is CC[C@H](C)NC(=O)CSC1=Nc2ccccc2C2=N[C@H](CC(=O)NCc3ccccc3)C(=O)N12. The Morgan fingerprint density at radius 1 is 1.09 bits per heavy atom. The summed E-state index contributed by atoms with van der Waals surface area (Å²) in [6.07, 6.45) is 0.778. The summed E-state index contributed by atoms with van der Waals surface area (Å²) >= 11 is 1.19. The molecule has 0 fully saturated rings. The highest BCUT2D eigenvalue weighted by molar-refractivity contribution is 8.14. The minimum Gasteiger partial charge on any atom is -0.353 e. The summed E-state index contributed by atoms with van der Waals surface area (Å²) in [6, 6.07) is 16.2. The third-order valence-corrected chi connectivity index (χ3v) is 6.55. The molecule has 2 aliphatic heterocycles. The molecule has 0 saturated heterocycles. The van der Waals surface area contributed by atoms with Gasteiger partial charge in [-0.1, -0.05) is 61.2 Å². The number of hydrogen-bond acceptors (Lipinski definition) is 6. The topological polar surface area (TPSA) is 103 Å². The van der Waals surface area contributed by atoms with E-state index in [-0.39, 0.29) is 35.9 Å². The van der Waals surface area contributed by atoms with Crippen LogP contribution in [0.15, 0.2) is 64.6 Å². The first-order chi connectivity index (χ1) is 16.5. The molecular formula is C25H27N5O3S. The smallest absolute Gasteiger partial charge is 0.259 e. The van der Waals surface area contributed by atoms with E-state index in [9.17, 15) is 14.4 Å². The maximum Gasteiger partial charge on any atom is 0.259 e. The quantitative estimate of drug-likeness (QED) is 0.610. The largest absolute Gasteiger partial charge is 0.353 e. The van der Waals surface area contributed by atoms with Crippen molar-refractivity contribution in [1.29, 1.82) is 0 Å². The van der Waals surface area contributed by atoms with Gasteiger partial charge < -0.3 is 10.6 Å². The number of hydrogen-bond donors (Lipinski definition) is 2. The van der Waals surface area contributed by atoms with Crippen LogP contribution in [0.4, 0.5) is 5.69 Å². The molecule has 0 unspecified atom stereocenters. The average Bonchev–Trinajstić information content (AvgIpc) is 3.18. The number of amidine groups is 2. The molecule has 2 heterocycles. The lowest BCUT2D eigenvalue weighted by Gasteiger charge is -2.25. The minimum atomic E-state index is -0.836. The molecule has 8 nitrogen and oxygen atoms in total. The maximum absolute atomic E-state index is 13.3. The number of carbonyl (C=O) groups excluding carboxylic acids is 3. The molecule has 4 rings (SSSR count). The van der Waals surface area contributed by atoms with E-state index >= 15 is 0 Å². The summed E-state index contributed by atoms with van der Waals surface area (Å²) in [5.74, 6) is -0.0826. The van der Waals surface area contributed by atoms with Gasteiger partial charge in [0, 0.05) is 18.2 Å². The standard InChI is InChI=1S/C25H27N5O3S/c1-3-16(2)27-22(32)15-34-25-29-19-12-8-7-11-18(19)23-28-20(24(33)30(23)25)13-21(31)26-14-17-9-5-4-6-10-17/h4-12,16,20H,3,13-15H2,1-2H3,(H,26,31)(H,27,32)/t16-,20+/m0/s1. The molecule has 3 amide bonds. The number of benzene rings is 2. The molecular weight excluding hydrogens is 450 g/mol. The van der Waals surface area contributed by atoms with Crippen LogP contribution in [0.2, 0.25) is 0 Å². The van der Waals surface area contributed by atoms with Crippen LogP contribution >= 0.6 is 11.8 Å². The van der Waals surface area contributed by atoms with Gasteiger partial charge in [-0.25, -0.2) is 9.89 Å². The summed E-state index contributed by atoms with van der Waals surface area (Å²) in [4.78, 5) is 48.8. The fourth-order valence-corrected chi connectivity index (χ4v) is 4.44. The molecule has 2 aliphatic rings. The number of rotatable bonds is 8. The normalized spacial score (nSPS) is 17.3. The van der Waals surface area contributed by atoms with Crippen LogP contribution in [-0.4, -0.2) is 51.5 Å². The monoisotopic (exact) mass is 477 g/mol. The number of carbonyl (C=O) groups is 3. The average molecular weight is 478 g/mol. The van der Waals surface area contributed by atoms with Crippen LogP contribution in [0.3, 0.4) is 0 Å². The zero-order valence-electron chi connectivity index (χ0n) is 19.2. The number of nitrogens with zero attached hydrogens (tertiary/aromatic N) is 3. The van der Waals surface area contributed by atoms with E-state index < -0.39 is 6.04 Å². The van der Waals surface area contributed by atoms with E-state index in [1.807, 2.05) is 68.4 Å². The number of aliphatic imine (C=N–C) groups is 2. The zero-order chi connectivity index (χ0) is 24.1. The van der Waals surface area contributed by atoms with Gasteiger partial charge in [0.05, 0.1) is 17.9 Å². The molecule has 2 aromatic rings. The summed E-state index contributed by atoms with van der Waals surface area (Å²) in [6.45, 7) is 4.33. The number of thioether (sulfide) groups is 1. The predicted octanol–water partition coefficient (Wildman–Crippen LogP) is 3.00. The lowest BCUT2D eigenvalue weighted by Crippen LogP contribution is -2.42. The molecule has 9 heteroatoms. The number of nitrogens with one attached hydrogen (secondary N) is 2. The number of para-hydroxylation sites is 1. The highest BCUT2D eigenvalue weighted by atomic mass is 32.2. The first-order valence-electron chi connectivity index (χ1n) is 11.3. The second kappa shape index (κ2) is 10.6.